The van der Waals surface area contributed by atoms with Crippen molar-refractivity contribution < 1.29 is 9.59 Å². The highest BCUT2D eigenvalue weighted by atomic mass is 32.2. The number of nitrogens with one attached hydrogen (secondary N) is 2. The summed E-state index contributed by atoms with van der Waals surface area (Å²) in [4.78, 5) is 24.8. The number of hydrogen-bond donors (Lipinski definition) is 2. The Balaban J connectivity index is 1.51. The van der Waals surface area contributed by atoms with Crippen LogP contribution < -0.4 is 10.6 Å². The maximum atomic E-state index is 12.4. The summed E-state index contributed by atoms with van der Waals surface area (Å²) in [5.41, 5.74) is 2.98. The van der Waals surface area contributed by atoms with Gasteiger partial charge < -0.3 is 15.2 Å². The number of nitrogens with zero attached hydrogens (tertiary/aromatic N) is 3. The number of carbonyl (C=O) groups excluding carboxylic acids is 2. The van der Waals surface area contributed by atoms with Gasteiger partial charge in [0.2, 0.25) is 11.8 Å². The smallest absolute Gasteiger partial charge is 0.232 e. The minimum atomic E-state index is -0.141. The molecule has 162 valence electrons. The fourth-order valence-corrected chi connectivity index (χ4v) is 4.57. The summed E-state index contributed by atoms with van der Waals surface area (Å²) in [5.74, 6) is 1.28. The zero-order valence-electron chi connectivity index (χ0n) is 18.2. The Kier molecular flexibility index (Phi) is 7.53. The molecule has 30 heavy (non-hydrogen) atoms. The van der Waals surface area contributed by atoms with Crippen molar-refractivity contribution in [1.29, 1.82) is 0 Å². The molecule has 2 amide bonds. The SMILES string of the molecule is Cc1ccc(NC(=O)Cc2nnc(SCC(=O)NC3CCCCC3C)n2C)c(C)c1. The van der Waals surface area contributed by atoms with Gasteiger partial charge in [0, 0.05) is 18.8 Å². The Morgan fingerprint density at radius 2 is 1.93 bits per heavy atom. The van der Waals surface area contributed by atoms with Crippen molar-refractivity contribution in [2.75, 3.05) is 11.1 Å². The zero-order valence-corrected chi connectivity index (χ0v) is 19.0. The normalized spacial score (nSPS) is 18.8. The number of amides is 2. The third kappa shape index (κ3) is 5.84. The summed E-state index contributed by atoms with van der Waals surface area (Å²) >= 11 is 1.35. The number of rotatable bonds is 7. The van der Waals surface area contributed by atoms with Crippen molar-refractivity contribution in [2.45, 2.75) is 64.1 Å². The lowest BCUT2D eigenvalue weighted by Gasteiger charge is -2.29. The van der Waals surface area contributed by atoms with E-state index in [4.69, 9.17) is 0 Å². The van der Waals surface area contributed by atoms with Crippen molar-refractivity contribution in [3.63, 3.8) is 0 Å². The summed E-state index contributed by atoms with van der Waals surface area (Å²) in [5, 5.41) is 15.0. The number of carbonyl (C=O) groups is 2. The Morgan fingerprint density at radius 1 is 1.17 bits per heavy atom. The monoisotopic (exact) mass is 429 g/mol. The number of thioether (sulfide) groups is 1. The summed E-state index contributed by atoms with van der Waals surface area (Å²) in [6.07, 6.45) is 4.79. The fraction of sp³-hybridized carbons (Fsp3) is 0.545. The highest BCUT2D eigenvalue weighted by Gasteiger charge is 2.23. The van der Waals surface area contributed by atoms with Crippen molar-refractivity contribution in [3.8, 4) is 0 Å². The molecule has 2 aromatic rings. The van der Waals surface area contributed by atoms with E-state index in [2.05, 4.69) is 27.8 Å². The van der Waals surface area contributed by atoms with Gasteiger partial charge in [-0.1, -0.05) is 49.2 Å². The van der Waals surface area contributed by atoms with E-state index in [0.717, 1.165) is 23.2 Å². The van der Waals surface area contributed by atoms with Gasteiger partial charge in [0.05, 0.1) is 12.2 Å². The van der Waals surface area contributed by atoms with Crippen molar-refractivity contribution in [2.24, 2.45) is 13.0 Å². The maximum Gasteiger partial charge on any atom is 0.232 e. The number of hydrogen-bond acceptors (Lipinski definition) is 5. The molecule has 1 heterocycles. The van der Waals surface area contributed by atoms with Gasteiger partial charge in [-0.05, 0) is 44.2 Å². The average Bonchev–Trinajstić information content (AvgIpc) is 3.04. The first-order chi connectivity index (χ1) is 14.3. The van der Waals surface area contributed by atoms with Gasteiger partial charge >= 0.3 is 0 Å². The van der Waals surface area contributed by atoms with Gasteiger partial charge in [-0.25, -0.2) is 0 Å². The largest absolute Gasteiger partial charge is 0.352 e. The van der Waals surface area contributed by atoms with Gasteiger partial charge in [0.1, 0.15) is 5.82 Å². The van der Waals surface area contributed by atoms with E-state index >= 15 is 0 Å². The van der Waals surface area contributed by atoms with E-state index in [-0.39, 0.29) is 24.3 Å². The van der Waals surface area contributed by atoms with Crippen molar-refractivity contribution in [1.82, 2.24) is 20.1 Å². The van der Waals surface area contributed by atoms with Crippen LogP contribution in [0.1, 0.15) is 49.6 Å². The molecule has 0 bridgehead atoms. The van der Waals surface area contributed by atoms with Crippen LogP contribution in [0.25, 0.3) is 0 Å². The van der Waals surface area contributed by atoms with Crippen LogP contribution in [0, 0.1) is 19.8 Å². The Labute approximate surface area is 182 Å². The third-order valence-corrected chi connectivity index (χ3v) is 6.71. The second-order valence-electron chi connectivity index (χ2n) is 8.23. The molecule has 2 unspecified atom stereocenters. The molecule has 3 rings (SSSR count). The van der Waals surface area contributed by atoms with Crippen LogP contribution in [0.15, 0.2) is 23.4 Å². The standard InChI is InChI=1S/C22H31N5O2S/c1-14-9-10-18(16(3)11-14)23-20(28)12-19-25-26-22(27(19)4)30-13-21(29)24-17-8-6-5-7-15(17)2/h9-11,15,17H,5-8,12-13H2,1-4H3,(H,23,28)(H,24,29). The molecule has 8 heteroatoms. The first-order valence-electron chi connectivity index (χ1n) is 10.5. The second kappa shape index (κ2) is 10.1. The maximum absolute atomic E-state index is 12.4. The third-order valence-electron chi connectivity index (χ3n) is 5.69. The van der Waals surface area contributed by atoms with Gasteiger partial charge in [-0.15, -0.1) is 10.2 Å². The summed E-state index contributed by atoms with van der Waals surface area (Å²) < 4.78 is 1.78. The van der Waals surface area contributed by atoms with Crippen LogP contribution >= 0.6 is 11.8 Å². The molecule has 7 nitrogen and oxygen atoms in total. The molecule has 1 aromatic carbocycles. The highest BCUT2D eigenvalue weighted by molar-refractivity contribution is 7.99. The molecular formula is C22H31N5O2S. The van der Waals surface area contributed by atoms with Crippen LogP contribution in [-0.4, -0.2) is 38.4 Å². The highest BCUT2D eigenvalue weighted by Crippen LogP contribution is 2.24. The number of aromatic nitrogens is 3. The molecule has 1 aromatic heterocycles. The topological polar surface area (TPSA) is 88.9 Å². The van der Waals surface area contributed by atoms with Gasteiger partial charge in [-0.3, -0.25) is 9.59 Å². The van der Waals surface area contributed by atoms with E-state index < -0.39 is 0 Å². The first kappa shape index (κ1) is 22.3. The second-order valence-corrected chi connectivity index (χ2v) is 9.17. The molecule has 1 aliphatic carbocycles. The lowest BCUT2D eigenvalue weighted by Crippen LogP contribution is -2.41. The van der Waals surface area contributed by atoms with Crippen molar-refractivity contribution >= 4 is 29.3 Å². The molecule has 1 saturated carbocycles. The van der Waals surface area contributed by atoms with E-state index in [9.17, 15) is 9.59 Å². The number of benzene rings is 1. The van der Waals surface area contributed by atoms with E-state index in [1.54, 1.807) is 4.57 Å². The van der Waals surface area contributed by atoms with Gasteiger partial charge in [-0.2, -0.15) is 0 Å². The van der Waals surface area contributed by atoms with Crippen LogP contribution in [-0.2, 0) is 23.1 Å². The molecule has 0 saturated heterocycles. The molecular weight excluding hydrogens is 398 g/mol. The fourth-order valence-electron chi connectivity index (χ4n) is 3.83. The summed E-state index contributed by atoms with van der Waals surface area (Å²) in [6, 6.07) is 6.19. The lowest BCUT2D eigenvalue weighted by molar-refractivity contribution is -0.120. The van der Waals surface area contributed by atoms with Crippen LogP contribution in [0.5, 0.6) is 0 Å². The van der Waals surface area contributed by atoms with Crippen molar-refractivity contribution in [3.05, 3.63) is 35.2 Å². The minimum Gasteiger partial charge on any atom is -0.352 e. The Bertz CT molecular complexity index is 911. The molecule has 1 aliphatic rings. The van der Waals surface area contributed by atoms with E-state index in [0.29, 0.717) is 22.7 Å². The summed E-state index contributed by atoms with van der Waals surface area (Å²) in [7, 11) is 1.82. The number of anilines is 1. The first-order valence-corrected chi connectivity index (χ1v) is 11.5. The molecule has 1 fully saturated rings. The van der Waals surface area contributed by atoms with E-state index in [1.807, 2.05) is 39.1 Å². The zero-order chi connectivity index (χ0) is 21.7. The predicted octanol–water partition coefficient (Wildman–Crippen LogP) is 3.40. The Hall–Kier alpha value is -2.35. The predicted molar refractivity (Wildman–Crippen MR) is 120 cm³/mol. The molecule has 2 N–H and O–H groups in total. The molecule has 2 atom stereocenters. The average molecular weight is 430 g/mol. The van der Waals surface area contributed by atoms with Crippen LogP contribution in [0.3, 0.4) is 0 Å². The number of aryl methyl sites for hydroxylation is 2. The minimum absolute atomic E-state index is 0.0240. The summed E-state index contributed by atoms with van der Waals surface area (Å²) in [6.45, 7) is 6.20. The van der Waals surface area contributed by atoms with Gasteiger partial charge in [0.15, 0.2) is 5.16 Å². The molecule has 0 spiro atoms. The van der Waals surface area contributed by atoms with Crippen LogP contribution in [0.4, 0.5) is 5.69 Å². The Morgan fingerprint density at radius 3 is 2.67 bits per heavy atom. The lowest BCUT2D eigenvalue weighted by atomic mass is 9.86. The van der Waals surface area contributed by atoms with Crippen LogP contribution in [0.2, 0.25) is 0 Å². The van der Waals surface area contributed by atoms with Gasteiger partial charge in [0.25, 0.3) is 0 Å². The molecule has 0 radical (unpaired) electrons. The quantitative estimate of drug-likeness (QED) is 0.659. The van der Waals surface area contributed by atoms with E-state index in [1.165, 1.54) is 31.0 Å². The molecule has 0 aliphatic heterocycles.